The van der Waals surface area contributed by atoms with Crippen LogP contribution >= 0.6 is 11.3 Å². The van der Waals surface area contributed by atoms with Gasteiger partial charge >= 0.3 is 5.97 Å². The minimum absolute atomic E-state index is 0.352. The number of carbonyl (C=O) groups is 1. The van der Waals surface area contributed by atoms with Crippen LogP contribution in [0.1, 0.15) is 30.6 Å². The summed E-state index contributed by atoms with van der Waals surface area (Å²) in [5.41, 5.74) is -0.456. The molecule has 0 aromatic carbocycles. The number of hydrogen-bond donors (Lipinski definition) is 0. The molecule has 3 nitrogen and oxygen atoms in total. The van der Waals surface area contributed by atoms with Crippen LogP contribution < -0.4 is 0 Å². The highest BCUT2D eigenvalue weighted by Gasteiger charge is 2.19. The summed E-state index contributed by atoms with van der Waals surface area (Å²) in [6, 6.07) is 0. The Hall–Kier alpha value is -0.900. The third kappa shape index (κ3) is 2.62. The van der Waals surface area contributed by atoms with Crippen LogP contribution in [-0.4, -0.2) is 16.6 Å². The molecule has 0 spiro atoms. The summed E-state index contributed by atoms with van der Waals surface area (Å²) in [6.45, 7) is 5.46. The zero-order valence-electron chi connectivity index (χ0n) is 7.25. The molecule has 65 valence electrons. The first kappa shape index (κ1) is 9.19. The van der Waals surface area contributed by atoms with Crippen molar-refractivity contribution in [3.63, 3.8) is 0 Å². The summed E-state index contributed by atoms with van der Waals surface area (Å²) in [6.07, 6.45) is 2.56. The molecule has 0 amide bonds. The molecule has 0 unspecified atom stereocenters. The molecule has 0 aliphatic rings. The van der Waals surface area contributed by atoms with E-state index in [2.05, 4.69) is 11.2 Å². The Morgan fingerprint density at radius 3 is 2.75 bits per heavy atom. The van der Waals surface area contributed by atoms with E-state index in [1.165, 1.54) is 11.3 Å². The third-order valence-electron chi connectivity index (χ3n) is 0.963. The van der Waals surface area contributed by atoms with E-state index in [4.69, 9.17) is 4.74 Å². The second-order valence-electron chi connectivity index (χ2n) is 3.28. The molecule has 1 rings (SSSR count). The van der Waals surface area contributed by atoms with E-state index in [9.17, 15) is 4.79 Å². The Kier molecular flexibility index (Phi) is 2.47. The summed E-state index contributed by atoms with van der Waals surface area (Å²) in [7, 11) is 0. The fourth-order valence-corrected chi connectivity index (χ4v) is 1.07. The molecule has 0 saturated heterocycles. The third-order valence-corrected chi connectivity index (χ3v) is 1.67. The minimum atomic E-state index is -0.456. The standard InChI is InChI=1S/C8H10NO2S/c1-8(2,3)11-7(10)6-9-4-5-12-6/h5H,1-3H3. The van der Waals surface area contributed by atoms with E-state index in [1.54, 1.807) is 5.38 Å². The number of esters is 1. The lowest BCUT2D eigenvalue weighted by molar-refractivity contribution is 0.00692. The summed E-state index contributed by atoms with van der Waals surface area (Å²) < 4.78 is 5.07. The van der Waals surface area contributed by atoms with Crippen LogP contribution in [-0.2, 0) is 4.74 Å². The smallest absolute Gasteiger partial charge is 0.367 e. The van der Waals surface area contributed by atoms with Crippen molar-refractivity contribution < 1.29 is 9.53 Å². The van der Waals surface area contributed by atoms with Crippen LogP contribution in [0.5, 0.6) is 0 Å². The van der Waals surface area contributed by atoms with Gasteiger partial charge in [0, 0.05) is 5.38 Å². The van der Waals surface area contributed by atoms with Gasteiger partial charge < -0.3 is 4.74 Å². The number of ether oxygens (including phenoxy) is 1. The van der Waals surface area contributed by atoms with E-state index in [0.29, 0.717) is 5.01 Å². The zero-order chi connectivity index (χ0) is 9.19. The van der Waals surface area contributed by atoms with Crippen molar-refractivity contribution in [1.29, 1.82) is 0 Å². The Bertz CT molecular complexity index is 261. The maximum absolute atomic E-state index is 11.2. The van der Waals surface area contributed by atoms with Crippen molar-refractivity contribution in [3.8, 4) is 0 Å². The fraction of sp³-hybridized carbons (Fsp3) is 0.500. The highest BCUT2D eigenvalue weighted by atomic mass is 32.1. The molecule has 1 aromatic rings. The van der Waals surface area contributed by atoms with Crippen molar-refractivity contribution in [3.05, 3.63) is 16.6 Å². The molecule has 1 radical (unpaired) electrons. The van der Waals surface area contributed by atoms with Gasteiger partial charge in [-0.2, -0.15) is 0 Å². The first-order valence-electron chi connectivity index (χ1n) is 3.54. The Morgan fingerprint density at radius 2 is 2.33 bits per heavy atom. The maximum Gasteiger partial charge on any atom is 0.367 e. The predicted octanol–water partition coefficient (Wildman–Crippen LogP) is 1.90. The Morgan fingerprint density at radius 1 is 1.67 bits per heavy atom. The molecule has 1 heterocycles. The molecule has 0 N–H and O–H groups in total. The normalized spacial score (nSPS) is 11.2. The number of hydrogen-bond acceptors (Lipinski definition) is 4. The second-order valence-corrected chi connectivity index (χ2v) is 4.14. The van der Waals surface area contributed by atoms with Gasteiger partial charge in [0.1, 0.15) is 11.8 Å². The second kappa shape index (κ2) is 3.23. The van der Waals surface area contributed by atoms with Crippen molar-refractivity contribution in [2.24, 2.45) is 0 Å². The van der Waals surface area contributed by atoms with Gasteiger partial charge in [0.2, 0.25) is 5.01 Å². The van der Waals surface area contributed by atoms with Gasteiger partial charge in [-0.3, -0.25) is 0 Å². The fourth-order valence-electron chi connectivity index (χ4n) is 0.609. The van der Waals surface area contributed by atoms with E-state index in [1.807, 2.05) is 20.8 Å². The number of carbonyl (C=O) groups excluding carboxylic acids is 1. The molecule has 12 heavy (non-hydrogen) atoms. The molecule has 0 aliphatic carbocycles. The Balaban J connectivity index is 2.63. The Labute approximate surface area is 75.4 Å². The van der Waals surface area contributed by atoms with Crippen LogP contribution in [0.25, 0.3) is 0 Å². The molecular weight excluding hydrogens is 174 g/mol. The molecular formula is C8H10NO2S. The quantitative estimate of drug-likeness (QED) is 0.626. The van der Waals surface area contributed by atoms with Gasteiger partial charge in [-0.1, -0.05) is 0 Å². The monoisotopic (exact) mass is 184 g/mol. The number of rotatable bonds is 1. The van der Waals surface area contributed by atoms with E-state index in [0.717, 1.165) is 0 Å². The zero-order valence-corrected chi connectivity index (χ0v) is 8.07. The molecule has 0 saturated carbocycles. The first-order valence-corrected chi connectivity index (χ1v) is 4.42. The molecule has 4 heteroatoms. The summed E-state index contributed by atoms with van der Waals surface area (Å²) in [4.78, 5) is 14.9. The van der Waals surface area contributed by atoms with E-state index >= 15 is 0 Å². The summed E-state index contributed by atoms with van der Waals surface area (Å²) in [5.74, 6) is -0.381. The van der Waals surface area contributed by atoms with Gasteiger partial charge in [0.25, 0.3) is 0 Å². The topological polar surface area (TPSA) is 39.2 Å². The number of thiazole rings is 1. The van der Waals surface area contributed by atoms with Crippen LogP contribution in [0, 0.1) is 6.20 Å². The van der Waals surface area contributed by atoms with Crippen LogP contribution in [0.3, 0.4) is 0 Å². The molecule has 1 aromatic heterocycles. The van der Waals surface area contributed by atoms with E-state index < -0.39 is 5.60 Å². The first-order chi connectivity index (χ1) is 5.49. The average Bonchev–Trinajstić information content (AvgIpc) is 2.32. The van der Waals surface area contributed by atoms with Gasteiger partial charge in [-0.25, -0.2) is 9.78 Å². The van der Waals surface area contributed by atoms with Gasteiger partial charge in [0.05, 0.1) is 0 Å². The van der Waals surface area contributed by atoms with Crippen molar-refractivity contribution >= 4 is 17.3 Å². The van der Waals surface area contributed by atoms with Gasteiger partial charge in [-0.05, 0) is 20.8 Å². The lowest BCUT2D eigenvalue weighted by Crippen LogP contribution is -2.23. The highest BCUT2D eigenvalue weighted by molar-refractivity contribution is 7.11. The van der Waals surface area contributed by atoms with E-state index in [-0.39, 0.29) is 5.97 Å². The molecule has 0 bridgehead atoms. The highest BCUT2D eigenvalue weighted by Crippen LogP contribution is 2.12. The summed E-state index contributed by atoms with van der Waals surface area (Å²) >= 11 is 1.23. The van der Waals surface area contributed by atoms with Crippen LogP contribution in [0.2, 0.25) is 0 Å². The average molecular weight is 184 g/mol. The molecule has 0 fully saturated rings. The van der Waals surface area contributed by atoms with Crippen LogP contribution in [0.15, 0.2) is 5.38 Å². The van der Waals surface area contributed by atoms with Crippen molar-refractivity contribution in [2.45, 2.75) is 26.4 Å². The lowest BCUT2D eigenvalue weighted by Gasteiger charge is -2.18. The predicted molar refractivity (Wildman–Crippen MR) is 46.1 cm³/mol. The molecule has 0 aliphatic heterocycles. The maximum atomic E-state index is 11.2. The van der Waals surface area contributed by atoms with Crippen LogP contribution in [0.4, 0.5) is 0 Å². The summed E-state index contributed by atoms with van der Waals surface area (Å²) in [5, 5.41) is 1.98. The lowest BCUT2D eigenvalue weighted by atomic mass is 10.2. The van der Waals surface area contributed by atoms with Gasteiger partial charge in [0.15, 0.2) is 0 Å². The van der Waals surface area contributed by atoms with Crippen molar-refractivity contribution in [2.75, 3.05) is 0 Å². The number of aromatic nitrogens is 1. The largest absolute Gasteiger partial charge is 0.455 e. The number of nitrogens with zero attached hydrogens (tertiary/aromatic N) is 1. The SMILES string of the molecule is CC(C)(C)OC(=O)c1n[c]cs1. The van der Waals surface area contributed by atoms with Gasteiger partial charge in [-0.15, -0.1) is 11.3 Å². The minimum Gasteiger partial charge on any atom is -0.455 e. The van der Waals surface area contributed by atoms with Crippen molar-refractivity contribution in [1.82, 2.24) is 4.98 Å². The molecule has 0 atom stereocenters.